The van der Waals surface area contributed by atoms with Gasteiger partial charge in [0.1, 0.15) is 11.3 Å². The quantitative estimate of drug-likeness (QED) is 0.515. The third kappa shape index (κ3) is 4.61. The van der Waals surface area contributed by atoms with Gasteiger partial charge in [-0.1, -0.05) is 12.5 Å². The van der Waals surface area contributed by atoms with Crippen molar-refractivity contribution >= 4 is 20.9 Å². The summed E-state index contributed by atoms with van der Waals surface area (Å²) in [6.45, 7) is 3.26. The average molecular weight is 525 g/mol. The summed E-state index contributed by atoms with van der Waals surface area (Å²) in [7, 11) is -1.43. The number of nitrogens with one attached hydrogen (secondary N) is 1. The average Bonchev–Trinajstić information content (AvgIpc) is 3.20. The van der Waals surface area contributed by atoms with Gasteiger partial charge in [0.05, 0.1) is 10.4 Å². The van der Waals surface area contributed by atoms with Crippen molar-refractivity contribution in [1.29, 1.82) is 0 Å². The van der Waals surface area contributed by atoms with Crippen molar-refractivity contribution in [2.24, 2.45) is 13.0 Å². The number of aryl methyl sites for hydroxylation is 1. The van der Waals surface area contributed by atoms with Crippen molar-refractivity contribution in [1.82, 2.24) is 19.8 Å². The van der Waals surface area contributed by atoms with Crippen LogP contribution in [0, 0.1) is 11.7 Å². The number of benzene rings is 2. The Bertz CT molecular complexity index is 1390. The minimum Gasteiger partial charge on any atom is -0.325 e. The summed E-state index contributed by atoms with van der Waals surface area (Å²) < 4.78 is 41.7. The molecule has 2 saturated heterocycles. The van der Waals surface area contributed by atoms with Crippen LogP contribution < -0.4 is 5.32 Å². The normalized spacial score (nSPS) is 24.4. The number of halogens is 1. The van der Waals surface area contributed by atoms with Gasteiger partial charge in [0, 0.05) is 31.0 Å². The fourth-order valence-corrected chi connectivity index (χ4v) is 7.51. The maximum atomic E-state index is 16.2. The highest BCUT2D eigenvalue weighted by atomic mass is 32.2. The van der Waals surface area contributed by atoms with Crippen LogP contribution in [0.15, 0.2) is 41.3 Å². The number of likely N-dealkylation sites (tertiary alicyclic amines) is 1. The zero-order chi connectivity index (χ0) is 25.7. The molecule has 2 atom stereocenters. The Morgan fingerprint density at radius 1 is 1.00 bits per heavy atom. The molecule has 0 radical (unpaired) electrons. The molecule has 1 unspecified atom stereocenters. The molecule has 6 rings (SSSR count). The first-order chi connectivity index (χ1) is 17.8. The topological polar surface area (TPSA) is 67.2 Å². The highest BCUT2D eigenvalue weighted by molar-refractivity contribution is 7.90. The van der Waals surface area contributed by atoms with Gasteiger partial charge < -0.3 is 9.88 Å². The third-order valence-corrected chi connectivity index (χ3v) is 10.3. The molecule has 8 heteroatoms. The van der Waals surface area contributed by atoms with Crippen LogP contribution in [-0.2, 0) is 16.9 Å². The molecule has 3 heterocycles. The lowest BCUT2D eigenvalue weighted by Gasteiger charge is -2.50. The lowest BCUT2D eigenvalue weighted by atomic mass is 9.72. The first-order valence-electron chi connectivity index (χ1n) is 13.7. The highest BCUT2D eigenvalue weighted by Crippen LogP contribution is 2.44. The van der Waals surface area contributed by atoms with Crippen molar-refractivity contribution in [3.05, 3.63) is 47.8 Å². The van der Waals surface area contributed by atoms with E-state index in [9.17, 15) is 8.42 Å². The Balaban J connectivity index is 1.30. The molecule has 1 saturated carbocycles. The van der Waals surface area contributed by atoms with Crippen LogP contribution in [0.3, 0.4) is 0 Å². The van der Waals surface area contributed by atoms with E-state index in [1.165, 1.54) is 38.4 Å². The van der Waals surface area contributed by atoms with Gasteiger partial charge in [-0.25, -0.2) is 17.8 Å². The van der Waals surface area contributed by atoms with Gasteiger partial charge in [0.25, 0.3) is 0 Å². The molecule has 3 fully saturated rings. The van der Waals surface area contributed by atoms with Crippen LogP contribution in [-0.4, -0.2) is 60.8 Å². The molecule has 3 aliphatic rings. The predicted octanol–water partition coefficient (Wildman–Crippen LogP) is 4.88. The van der Waals surface area contributed by atoms with Gasteiger partial charge in [-0.05, 0) is 106 Å². The molecule has 0 bridgehead atoms. The summed E-state index contributed by atoms with van der Waals surface area (Å²) in [5, 5.41) is 3.50. The number of aromatic nitrogens is 2. The first-order valence-corrected chi connectivity index (χ1v) is 15.6. The van der Waals surface area contributed by atoms with Crippen molar-refractivity contribution in [3.63, 3.8) is 0 Å². The van der Waals surface area contributed by atoms with Crippen LogP contribution in [0.1, 0.15) is 56.4 Å². The number of nitrogens with zero attached hydrogens (tertiary/aromatic N) is 3. The second-order valence-corrected chi connectivity index (χ2v) is 13.3. The Hall–Kier alpha value is -2.29. The van der Waals surface area contributed by atoms with E-state index in [0.29, 0.717) is 28.9 Å². The summed E-state index contributed by atoms with van der Waals surface area (Å²) in [5.74, 6) is 1.46. The molecule has 2 aliphatic heterocycles. The van der Waals surface area contributed by atoms with Crippen molar-refractivity contribution < 1.29 is 12.8 Å². The summed E-state index contributed by atoms with van der Waals surface area (Å²) in [4.78, 5) is 7.78. The summed E-state index contributed by atoms with van der Waals surface area (Å²) in [5.41, 5.74) is 2.76. The minimum absolute atomic E-state index is 0.154. The lowest BCUT2D eigenvalue weighted by Crippen LogP contribution is -2.54. The summed E-state index contributed by atoms with van der Waals surface area (Å²) in [6, 6.07) is 11.8. The zero-order valence-corrected chi connectivity index (χ0v) is 22.6. The van der Waals surface area contributed by atoms with E-state index in [0.717, 1.165) is 49.5 Å². The Morgan fingerprint density at radius 2 is 1.73 bits per heavy atom. The number of fused-ring (bicyclic) bond motifs is 1. The maximum absolute atomic E-state index is 16.2. The number of imidazole rings is 1. The third-order valence-electron chi connectivity index (χ3n) is 9.14. The maximum Gasteiger partial charge on any atom is 0.175 e. The monoisotopic (exact) mass is 524 g/mol. The zero-order valence-electron chi connectivity index (χ0n) is 21.8. The number of rotatable bonds is 5. The molecule has 0 spiro atoms. The molecule has 1 aliphatic carbocycles. The van der Waals surface area contributed by atoms with Gasteiger partial charge in [0.15, 0.2) is 15.7 Å². The highest BCUT2D eigenvalue weighted by Gasteiger charge is 2.40. The SMILES string of the molecule is Cn1c(-c2ccc(S(C)(=O)=O)cc2)nc2ccc(C3CCN(C4CCNCC4)[C@@H](C4CCC4)C3)c(F)c21. The van der Waals surface area contributed by atoms with E-state index in [4.69, 9.17) is 4.98 Å². The lowest BCUT2D eigenvalue weighted by molar-refractivity contribution is 0.0111. The molecule has 3 aromatic rings. The molecule has 1 N–H and O–H groups in total. The van der Waals surface area contributed by atoms with E-state index >= 15 is 4.39 Å². The van der Waals surface area contributed by atoms with Crippen molar-refractivity contribution in [3.8, 4) is 11.4 Å². The predicted molar refractivity (Wildman–Crippen MR) is 145 cm³/mol. The van der Waals surface area contributed by atoms with Crippen molar-refractivity contribution in [2.75, 3.05) is 25.9 Å². The standard InChI is InChI=1S/C29H37FN4O2S/c1-33-28-25(32-29(33)20-6-8-23(9-7-20)37(2,35)36)11-10-24(27(28)30)21-14-17-34(22-12-15-31-16-13-22)26(18-21)19-4-3-5-19/h6-11,19,21-22,26,31H,3-5,12-18H2,1-2H3/t21?,26-/m1/s1. The number of piperidine rings is 2. The molecule has 0 amide bonds. The van der Waals surface area contributed by atoms with Crippen molar-refractivity contribution in [2.45, 2.75) is 67.8 Å². The smallest absolute Gasteiger partial charge is 0.175 e. The second kappa shape index (κ2) is 9.79. The number of hydrogen-bond donors (Lipinski definition) is 1. The van der Waals surface area contributed by atoms with E-state index in [1.807, 2.05) is 23.7 Å². The van der Waals surface area contributed by atoms with Gasteiger partial charge in [-0.15, -0.1) is 0 Å². The molecular formula is C29H37FN4O2S. The first kappa shape index (κ1) is 25.0. The van der Waals surface area contributed by atoms with E-state index < -0.39 is 9.84 Å². The van der Waals surface area contributed by atoms with Crippen LogP contribution in [0.2, 0.25) is 0 Å². The van der Waals surface area contributed by atoms with Gasteiger partial charge >= 0.3 is 0 Å². The van der Waals surface area contributed by atoms with Crippen LogP contribution in [0.25, 0.3) is 22.4 Å². The number of sulfone groups is 1. The molecule has 37 heavy (non-hydrogen) atoms. The largest absolute Gasteiger partial charge is 0.325 e. The van der Waals surface area contributed by atoms with Gasteiger partial charge in [-0.3, -0.25) is 4.90 Å². The molecule has 1 aromatic heterocycles. The van der Waals surface area contributed by atoms with Gasteiger partial charge in [0.2, 0.25) is 0 Å². The fraction of sp³-hybridized carbons (Fsp3) is 0.552. The molecule has 6 nitrogen and oxygen atoms in total. The second-order valence-electron chi connectivity index (χ2n) is 11.3. The molecule has 198 valence electrons. The van der Waals surface area contributed by atoms with E-state index in [2.05, 4.69) is 10.2 Å². The van der Waals surface area contributed by atoms with Crippen LogP contribution >= 0.6 is 0 Å². The molecule has 2 aromatic carbocycles. The summed E-state index contributed by atoms with van der Waals surface area (Å²) >= 11 is 0. The Morgan fingerprint density at radius 3 is 2.38 bits per heavy atom. The van der Waals surface area contributed by atoms with Gasteiger partial charge in [-0.2, -0.15) is 0 Å². The van der Waals surface area contributed by atoms with Crippen LogP contribution in [0.5, 0.6) is 0 Å². The van der Waals surface area contributed by atoms with Crippen LogP contribution in [0.4, 0.5) is 4.39 Å². The van der Waals surface area contributed by atoms with E-state index in [-0.39, 0.29) is 16.6 Å². The van der Waals surface area contributed by atoms with E-state index in [1.54, 1.807) is 24.3 Å². The number of hydrogen-bond acceptors (Lipinski definition) is 5. The summed E-state index contributed by atoms with van der Waals surface area (Å²) in [6.07, 6.45) is 9.61. The Kier molecular flexibility index (Phi) is 6.62. The molecular weight excluding hydrogens is 487 g/mol. The fourth-order valence-electron chi connectivity index (χ4n) is 6.88. The minimum atomic E-state index is -3.28. The Labute approximate surface area is 219 Å².